The molecule has 38 heavy (non-hydrogen) atoms. The lowest BCUT2D eigenvalue weighted by atomic mass is 10.1. The van der Waals surface area contributed by atoms with Gasteiger partial charge in [-0.15, -0.1) is 0 Å². The molecule has 0 fully saturated rings. The minimum atomic E-state index is -0.408. The van der Waals surface area contributed by atoms with Gasteiger partial charge in [-0.1, -0.05) is 36.4 Å². The lowest BCUT2D eigenvalue weighted by molar-refractivity contribution is 0.0940. The first-order valence-electron chi connectivity index (χ1n) is 11.8. The van der Waals surface area contributed by atoms with Crippen molar-refractivity contribution in [3.8, 4) is 17.2 Å². The summed E-state index contributed by atoms with van der Waals surface area (Å²) in [6.07, 6.45) is 3.13. The van der Waals surface area contributed by atoms with Gasteiger partial charge in [0.1, 0.15) is 17.7 Å². The number of anilines is 1. The lowest BCUT2D eigenvalue weighted by Crippen LogP contribution is -2.28. The SMILES string of the molecule is CC(NC(=O)c1cc(C#N)cnc1NCc1ccc(-c2ccc3n[nH]c(=O)n3c2)cc1)c1ccc(F)cc1. The first kappa shape index (κ1) is 24.4. The topological polar surface area (TPSA) is 128 Å². The van der Waals surface area contributed by atoms with Crippen molar-refractivity contribution in [2.45, 2.75) is 19.5 Å². The summed E-state index contributed by atoms with van der Waals surface area (Å²) in [4.78, 5) is 29.2. The Morgan fingerprint density at radius 3 is 2.58 bits per heavy atom. The van der Waals surface area contributed by atoms with Crippen molar-refractivity contribution in [3.63, 3.8) is 0 Å². The normalized spacial score (nSPS) is 11.6. The number of pyridine rings is 2. The number of hydrogen-bond donors (Lipinski definition) is 3. The molecule has 0 bridgehead atoms. The fourth-order valence-corrected chi connectivity index (χ4v) is 4.03. The Bertz CT molecular complexity index is 1720. The van der Waals surface area contributed by atoms with Gasteiger partial charge in [-0.3, -0.25) is 4.79 Å². The minimum absolute atomic E-state index is 0.230. The molecule has 0 saturated carbocycles. The van der Waals surface area contributed by atoms with Gasteiger partial charge >= 0.3 is 5.69 Å². The van der Waals surface area contributed by atoms with Gasteiger partial charge in [-0.2, -0.15) is 10.4 Å². The van der Waals surface area contributed by atoms with Crippen molar-refractivity contribution in [2.24, 2.45) is 0 Å². The second kappa shape index (κ2) is 10.4. The van der Waals surface area contributed by atoms with E-state index in [0.29, 0.717) is 18.0 Å². The molecular weight excluding hydrogens is 485 g/mol. The molecule has 0 aliphatic heterocycles. The highest BCUT2D eigenvalue weighted by atomic mass is 19.1. The zero-order valence-electron chi connectivity index (χ0n) is 20.3. The van der Waals surface area contributed by atoms with Crippen molar-refractivity contribution >= 4 is 17.4 Å². The number of rotatable bonds is 7. The van der Waals surface area contributed by atoms with E-state index in [1.165, 1.54) is 28.8 Å². The average molecular weight is 508 g/mol. The number of amides is 1. The van der Waals surface area contributed by atoms with Crippen LogP contribution in [0.15, 0.2) is 83.9 Å². The highest BCUT2D eigenvalue weighted by Crippen LogP contribution is 2.22. The van der Waals surface area contributed by atoms with Crippen molar-refractivity contribution in [1.82, 2.24) is 24.9 Å². The maximum atomic E-state index is 13.3. The summed E-state index contributed by atoms with van der Waals surface area (Å²) in [5.41, 5.74) is 4.20. The molecule has 3 aromatic heterocycles. The van der Waals surface area contributed by atoms with E-state index in [2.05, 4.69) is 25.8 Å². The van der Waals surface area contributed by atoms with Crippen LogP contribution in [0.2, 0.25) is 0 Å². The van der Waals surface area contributed by atoms with E-state index >= 15 is 0 Å². The van der Waals surface area contributed by atoms with Gasteiger partial charge in [-0.25, -0.2) is 23.7 Å². The van der Waals surface area contributed by atoms with Crippen LogP contribution in [0.1, 0.15) is 40.0 Å². The van der Waals surface area contributed by atoms with E-state index in [1.807, 2.05) is 36.4 Å². The molecule has 0 aliphatic rings. The standard InChI is InChI=1S/C28H22FN7O2/c1-17(20-6-9-23(29)10-7-20)33-27(37)24-12-19(13-30)15-32-26(24)31-14-18-2-4-21(5-3-18)22-8-11-25-34-35-28(38)36(25)16-22/h2-12,15-17H,14H2,1H3,(H,31,32)(H,33,37)(H,35,38). The number of aromatic nitrogens is 4. The van der Waals surface area contributed by atoms with E-state index in [9.17, 15) is 19.2 Å². The summed E-state index contributed by atoms with van der Waals surface area (Å²) in [6.45, 7) is 2.18. The van der Waals surface area contributed by atoms with Gasteiger partial charge in [0.2, 0.25) is 0 Å². The third-order valence-corrected chi connectivity index (χ3v) is 6.14. The largest absolute Gasteiger partial charge is 0.365 e. The van der Waals surface area contributed by atoms with Crippen molar-refractivity contribution in [3.05, 3.63) is 118 Å². The summed E-state index contributed by atoms with van der Waals surface area (Å²) in [7, 11) is 0. The molecule has 1 amide bonds. The third kappa shape index (κ3) is 5.12. The Morgan fingerprint density at radius 2 is 1.84 bits per heavy atom. The summed E-state index contributed by atoms with van der Waals surface area (Å²) < 4.78 is 14.7. The number of H-pyrrole nitrogens is 1. The van der Waals surface area contributed by atoms with E-state index in [1.54, 1.807) is 31.3 Å². The van der Waals surface area contributed by atoms with Gasteiger partial charge in [0.25, 0.3) is 5.91 Å². The molecule has 188 valence electrons. The smallest absolute Gasteiger partial charge is 0.347 e. The number of nitriles is 1. The number of hydrogen-bond acceptors (Lipinski definition) is 6. The minimum Gasteiger partial charge on any atom is -0.365 e. The molecule has 0 saturated heterocycles. The predicted octanol–water partition coefficient (Wildman–Crippen LogP) is 4.20. The Balaban J connectivity index is 1.31. The molecule has 3 heterocycles. The number of nitrogens with one attached hydrogen (secondary N) is 3. The maximum Gasteiger partial charge on any atom is 0.347 e. The maximum absolute atomic E-state index is 13.3. The van der Waals surface area contributed by atoms with Crippen LogP contribution in [0.5, 0.6) is 0 Å². The molecule has 3 N–H and O–H groups in total. The summed E-state index contributed by atoms with van der Waals surface area (Å²) in [5, 5.41) is 21.7. The molecule has 1 unspecified atom stereocenters. The quantitative estimate of drug-likeness (QED) is 0.303. The molecular formula is C28H22FN7O2. The molecule has 0 radical (unpaired) electrons. The summed E-state index contributed by atoms with van der Waals surface area (Å²) >= 11 is 0. The Hall–Kier alpha value is -5.30. The molecule has 5 rings (SSSR count). The Labute approximate surface area is 216 Å². The number of aromatic amines is 1. The van der Waals surface area contributed by atoms with E-state index in [-0.39, 0.29) is 28.7 Å². The van der Waals surface area contributed by atoms with Crippen LogP contribution in [0.4, 0.5) is 10.2 Å². The van der Waals surface area contributed by atoms with Crippen LogP contribution < -0.4 is 16.3 Å². The van der Waals surface area contributed by atoms with Gasteiger partial charge < -0.3 is 10.6 Å². The predicted molar refractivity (Wildman–Crippen MR) is 140 cm³/mol. The summed E-state index contributed by atoms with van der Waals surface area (Å²) in [6, 6.07) is 20.4. The highest BCUT2D eigenvalue weighted by molar-refractivity contribution is 5.99. The number of carbonyl (C=O) groups is 1. The van der Waals surface area contributed by atoms with E-state index in [0.717, 1.165) is 22.3 Å². The van der Waals surface area contributed by atoms with Gasteiger partial charge in [0.15, 0.2) is 5.65 Å². The molecule has 0 spiro atoms. The second-order valence-corrected chi connectivity index (χ2v) is 8.70. The average Bonchev–Trinajstić information content (AvgIpc) is 3.32. The third-order valence-electron chi connectivity index (χ3n) is 6.14. The number of halogens is 1. The molecule has 5 aromatic rings. The van der Waals surface area contributed by atoms with Crippen LogP contribution >= 0.6 is 0 Å². The first-order chi connectivity index (χ1) is 18.4. The molecule has 1 atom stereocenters. The first-order valence-corrected chi connectivity index (χ1v) is 11.8. The van der Waals surface area contributed by atoms with E-state index < -0.39 is 5.91 Å². The molecule has 10 heteroatoms. The van der Waals surface area contributed by atoms with Crippen molar-refractivity contribution < 1.29 is 9.18 Å². The Kier molecular flexibility index (Phi) is 6.65. The van der Waals surface area contributed by atoms with Gasteiger partial charge in [0.05, 0.1) is 17.2 Å². The second-order valence-electron chi connectivity index (χ2n) is 8.70. The van der Waals surface area contributed by atoms with Crippen molar-refractivity contribution in [2.75, 3.05) is 5.32 Å². The number of nitrogens with zero attached hydrogens (tertiary/aromatic N) is 4. The number of benzene rings is 2. The number of fused-ring (bicyclic) bond motifs is 1. The fourth-order valence-electron chi connectivity index (χ4n) is 4.03. The monoisotopic (exact) mass is 507 g/mol. The van der Waals surface area contributed by atoms with Crippen LogP contribution in [0.3, 0.4) is 0 Å². The van der Waals surface area contributed by atoms with Gasteiger partial charge in [0, 0.05) is 18.9 Å². The van der Waals surface area contributed by atoms with Crippen LogP contribution in [0, 0.1) is 17.1 Å². The fraction of sp³-hybridized carbons (Fsp3) is 0.107. The zero-order valence-corrected chi connectivity index (χ0v) is 20.3. The van der Waals surface area contributed by atoms with Crippen LogP contribution in [-0.2, 0) is 6.54 Å². The highest BCUT2D eigenvalue weighted by Gasteiger charge is 2.17. The molecule has 2 aromatic carbocycles. The molecule has 9 nitrogen and oxygen atoms in total. The molecule has 0 aliphatic carbocycles. The van der Waals surface area contributed by atoms with Gasteiger partial charge in [-0.05, 0) is 59.5 Å². The van der Waals surface area contributed by atoms with Crippen LogP contribution in [-0.4, -0.2) is 25.5 Å². The van der Waals surface area contributed by atoms with E-state index in [4.69, 9.17) is 0 Å². The number of carbonyl (C=O) groups excluding carboxylic acids is 1. The van der Waals surface area contributed by atoms with Crippen LogP contribution in [0.25, 0.3) is 16.8 Å². The lowest BCUT2D eigenvalue weighted by Gasteiger charge is -2.16. The zero-order chi connectivity index (χ0) is 26.6. The van der Waals surface area contributed by atoms with Crippen molar-refractivity contribution in [1.29, 1.82) is 5.26 Å². The Morgan fingerprint density at radius 1 is 1.11 bits per heavy atom. The summed E-state index contributed by atoms with van der Waals surface area (Å²) in [5.74, 6) is -0.428.